The highest BCUT2D eigenvalue weighted by Gasteiger charge is 2.74. The van der Waals surface area contributed by atoms with Crippen LogP contribution < -0.4 is 0 Å². The molecule has 10 atom stereocenters. The largest absolute Gasteiger partial charge is 0.479 e. The van der Waals surface area contributed by atoms with Crippen LogP contribution in [0, 0.1) is 52.3 Å². The van der Waals surface area contributed by atoms with Crippen molar-refractivity contribution >= 4 is 11.9 Å². The average Bonchev–Trinajstić information content (AvgIpc) is 3.42. The van der Waals surface area contributed by atoms with Crippen LogP contribution in [0.4, 0.5) is 0 Å². The fraction of sp³-hybridized carbons (Fsp3) is 0.943. The van der Waals surface area contributed by atoms with Crippen LogP contribution >= 0.6 is 0 Å². The lowest BCUT2D eigenvalue weighted by Gasteiger charge is -2.62. The highest BCUT2D eigenvalue weighted by molar-refractivity contribution is 5.92. The molecule has 6 unspecified atom stereocenters. The molecule has 0 bridgehead atoms. The van der Waals surface area contributed by atoms with Crippen LogP contribution in [0.3, 0.4) is 0 Å². The lowest BCUT2D eigenvalue weighted by atomic mass is 9.44. The molecule has 0 radical (unpaired) electrons. The number of ether oxygens (including phenoxy) is 2. The Bertz CT molecular complexity index is 979. The van der Waals surface area contributed by atoms with Crippen LogP contribution in [0.25, 0.3) is 0 Å². The molecule has 5 rings (SSSR count). The number of aliphatic carboxylic acids is 2. The van der Waals surface area contributed by atoms with Gasteiger partial charge in [0, 0.05) is 12.8 Å². The van der Waals surface area contributed by atoms with Crippen molar-refractivity contribution in [2.75, 3.05) is 0 Å². The molecule has 0 amide bonds. The Morgan fingerprint density at radius 1 is 0.780 bits per heavy atom. The molecule has 6 heteroatoms. The third-order valence-electron chi connectivity index (χ3n) is 13.9. The highest BCUT2D eigenvalue weighted by Crippen LogP contribution is 2.70. The molecule has 1 aliphatic heterocycles. The minimum absolute atomic E-state index is 0.0637. The SMILES string of the molecule is CCC1(C(=O)O)OC2(CC[C@@]3(C)C(CCC4C3CC[C@@]3(C)C4CC[C@@H]3[C@H](C)CCCC(C)C)C2)OC1(CC)C(=O)O. The maximum atomic E-state index is 12.6. The molecular formula is C35H58O6. The van der Waals surface area contributed by atoms with E-state index in [0.29, 0.717) is 30.1 Å². The summed E-state index contributed by atoms with van der Waals surface area (Å²) in [7, 11) is 0. The zero-order valence-electron chi connectivity index (χ0n) is 27.0. The van der Waals surface area contributed by atoms with Crippen LogP contribution in [-0.2, 0) is 19.1 Å². The molecule has 0 aromatic rings. The van der Waals surface area contributed by atoms with E-state index in [-0.39, 0.29) is 18.3 Å². The van der Waals surface area contributed by atoms with Crippen molar-refractivity contribution in [2.45, 2.75) is 155 Å². The molecule has 1 saturated heterocycles. The summed E-state index contributed by atoms with van der Waals surface area (Å²) in [6.07, 6.45) is 14.0. The number of carboxylic acid groups (broad SMARTS) is 2. The summed E-state index contributed by atoms with van der Waals surface area (Å²) in [5.41, 5.74) is -3.10. The molecule has 0 aromatic heterocycles. The van der Waals surface area contributed by atoms with Crippen LogP contribution in [0.2, 0.25) is 0 Å². The minimum atomic E-state index is -1.87. The van der Waals surface area contributed by atoms with Crippen LogP contribution in [0.15, 0.2) is 0 Å². The van der Waals surface area contributed by atoms with E-state index >= 15 is 0 Å². The Morgan fingerprint density at radius 2 is 1.39 bits per heavy atom. The summed E-state index contributed by atoms with van der Waals surface area (Å²) in [6, 6.07) is 0. The van der Waals surface area contributed by atoms with E-state index in [0.717, 1.165) is 42.4 Å². The third kappa shape index (κ3) is 4.54. The van der Waals surface area contributed by atoms with Crippen LogP contribution in [0.1, 0.15) is 138 Å². The molecule has 4 saturated carbocycles. The first-order valence-corrected chi connectivity index (χ1v) is 17.1. The molecule has 1 spiro atoms. The highest BCUT2D eigenvalue weighted by atomic mass is 16.8. The van der Waals surface area contributed by atoms with Crippen molar-refractivity contribution in [3.05, 3.63) is 0 Å². The first kappa shape index (κ1) is 31.3. The molecule has 0 aromatic carbocycles. The Kier molecular flexibility index (Phi) is 8.23. The fourth-order valence-corrected chi connectivity index (χ4v) is 11.7. The summed E-state index contributed by atoms with van der Waals surface area (Å²) in [5, 5.41) is 20.6. The molecule has 4 aliphatic carbocycles. The lowest BCUT2D eigenvalue weighted by Crippen LogP contribution is -2.61. The Labute approximate surface area is 248 Å². The van der Waals surface area contributed by atoms with Gasteiger partial charge in [0.1, 0.15) is 0 Å². The summed E-state index contributed by atoms with van der Waals surface area (Å²) in [6.45, 7) is 15.8. The van der Waals surface area contributed by atoms with Gasteiger partial charge in [0.2, 0.25) is 11.2 Å². The lowest BCUT2D eigenvalue weighted by molar-refractivity contribution is -0.255. The van der Waals surface area contributed by atoms with Gasteiger partial charge in [-0.1, -0.05) is 67.7 Å². The summed E-state index contributed by atoms with van der Waals surface area (Å²) >= 11 is 0. The molecule has 41 heavy (non-hydrogen) atoms. The molecule has 234 valence electrons. The van der Waals surface area contributed by atoms with Gasteiger partial charge in [0.15, 0.2) is 5.79 Å². The van der Waals surface area contributed by atoms with Gasteiger partial charge in [0.25, 0.3) is 0 Å². The first-order chi connectivity index (χ1) is 19.2. The summed E-state index contributed by atoms with van der Waals surface area (Å²) in [5.74, 6) is 1.48. The monoisotopic (exact) mass is 574 g/mol. The number of carboxylic acids is 2. The molecule has 2 N–H and O–H groups in total. The second-order valence-corrected chi connectivity index (χ2v) is 16.0. The Hall–Kier alpha value is -1.14. The normalized spacial score (nSPS) is 48.0. The smallest absolute Gasteiger partial charge is 0.339 e. The van der Waals surface area contributed by atoms with Gasteiger partial charge in [-0.05, 0) is 110 Å². The van der Waals surface area contributed by atoms with Crippen molar-refractivity contribution < 1.29 is 29.3 Å². The number of rotatable bonds is 9. The average molecular weight is 575 g/mol. The van der Waals surface area contributed by atoms with E-state index in [4.69, 9.17) is 9.47 Å². The van der Waals surface area contributed by atoms with E-state index in [2.05, 4.69) is 34.6 Å². The number of carbonyl (C=O) groups is 2. The summed E-state index contributed by atoms with van der Waals surface area (Å²) < 4.78 is 12.9. The van der Waals surface area contributed by atoms with Crippen molar-refractivity contribution in [3.8, 4) is 0 Å². The van der Waals surface area contributed by atoms with Gasteiger partial charge in [-0.2, -0.15) is 0 Å². The van der Waals surface area contributed by atoms with Gasteiger partial charge in [0.05, 0.1) is 0 Å². The molecule has 6 nitrogen and oxygen atoms in total. The predicted molar refractivity (Wildman–Crippen MR) is 159 cm³/mol. The number of hydrogen-bond donors (Lipinski definition) is 2. The van der Waals surface area contributed by atoms with E-state index in [1.54, 1.807) is 13.8 Å². The van der Waals surface area contributed by atoms with E-state index in [1.807, 2.05) is 0 Å². The van der Waals surface area contributed by atoms with Crippen molar-refractivity contribution in [1.82, 2.24) is 0 Å². The fourth-order valence-electron chi connectivity index (χ4n) is 11.7. The second-order valence-electron chi connectivity index (χ2n) is 16.0. The zero-order valence-corrected chi connectivity index (χ0v) is 27.0. The maximum Gasteiger partial charge on any atom is 0.339 e. The number of fused-ring (bicyclic) bond motifs is 5. The standard InChI is InChI=1S/C35H58O6/c1-8-34(29(36)37)35(9-2,30(38)39)41-33(40-34)20-19-31(6)24(21-33)13-14-25-27-16-15-26(23(5)12-10-11-22(3)4)32(27,7)18-17-28(25)31/h22-28H,8-21H2,1-7H3,(H,36,37)(H,38,39)/t23-,24?,25?,26-,27?,28?,31+,32-,33?,34?,35?/m1/s1. The van der Waals surface area contributed by atoms with Gasteiger partial charge < -0.3 is 19.7 Å². The van der Waals surface area contributed by atoms with Gasteiger partial charge in [-0.3, -0.25) is 0 Å². The molecule has 5 fully saturated rings. The summed E-state index contributed by atoms with van der Waals surface area (Å²) in [4.78, 5) is 25.2. The quantitative estimate of drug-likeness (QED) is 0.288. The van der Waals surface area contributed by atoms with E-state index in [9.17, 15) is 19.8 Å². The minimum Gasteiger partial charge on any atom is -0.479 e. The Balaban J connectivity index is 1.34. The van der Waals surface area contributed by atoms with Gasteiger partial charge in [-0.25, -0.2) is 9.59 Å². The van der Waals surface area contributed by atoms with Gasteiger partial charge in [-0.15, -0.1) is 0 Å². The maximum absolute atomic E-state index is 12.6. The van der Waals surface area contributed by atoms with Gasteiger partial charge >= 0.3 is 11.9 Å². The van der Waals surface area contributed by atoms with Crippen LogP contribution in [-0.4, -0.2) is 39.1 Å². The van der Waals surface area contributed by atoms with Crippen molar-refractivity contribution in [3.63, 3.8) is 0 Å². The molecular weight excluding hydrogens is 516 g/mol. The third-order valence-corrected chi connectivity index (χ3v) is 13.9. The van der Waals surface area contributed by atoms with Crippen molar-refractivity contribution in [2.24, 2.45) is 52.3 Å². The predicted octanol–water partition coefficient (Wildman–Crippen LogP) is 8.32. The van der Waals surface area contributed by atoms with E-state index in [1.165, 1.54) is 51.4 Å². The Morgan fingerprint density at radius 3 is 1.95 bits per heavy atom. The number of hydrogen-bond acceptors (Lipinski definition) is 4. The molecule has 5 aliphatic rings. The first-order valence-electron chi connectivity index (χ1n) is 17.1. The second kappa shape index (κ2) is 10.8. The molecule has 1 heterocycles. The zero-order chi connectivity index (χ0) is 30.0. The van der Waals surface area contributed by atoms with E-state index < -0.39 is 28.9 Å². The topological polar surface area (TPSA) is 93.1 Å². The van der Waals surface area contributed by atoms with Crippen LogP contribution in [0.5, 0.6) is 0 Å². The van der Waals surface area contributed by atoms with Crippen molar-refractivity contribution in [1.29, 1.82) is 0 Å².